The molecule has 1 aliphatic heterocycles. The number of nitrogens with one attached hydrogen (secondary N) is 1. The second-order valence-electron chi connectivity index (χ2n) is 7.20. The molecule has 2 aromatic heterocycles. The number of anilines is 1. The summed E-state index contributed by atoms with van der Waals surface area (Å²) < 4.78 is 7.49. The number of hydrogen-bond donors (Lipinski definition) is 1. The first-order chi connectivity index (χ1) is 14.1. The van der Waals surface area contributed by atoms with Crippen molar-refractivity contribution in [1.29, 1.82) is 0 Å². The van der Waals surface area contributed by atoms with Crippen LogP contribution in [0.3, 0.4) is 0 Å². The first-order valence-electron chi connectivity index (χ1n) is 9.50. The summed E-state index contributed by atoms with van der Waals surface area (Å²) in [5.74, 6) is 0.791. The lowest BCUT2D eigenvalue weighted by molar-refractivity contribution is -0.121. The predicted molar refractivity (Wildman–Crippen MR) is 105 cm³/mol. The first-order valence-corrected chi connectivity index (χ1v) is 9.50. The number of amides is 3. The van der Waals surface area contributed by atoms with Gasteiger partial charge < -0.3 is 10.1 Å². The molecule has 3 aromatic rings. The largest absolute Gasteiger partial charge is 0.457 e. The zero-order valence-corrected chi connectivity index (χ0v) is 15.5. The highest BCUT2D eigenvalue weighted by Crippen LogP contribution is 2.29. The van der Waals surface area contributed by atoms with E-state index in [-0.39, 0.29) is 42.5 Å². The molecule has 146 valence electrons. The van der Waals surface area contributed by atoms with Gasteiger partial charge in [0, 0.05) is 42.7 Å². The minimum atomic E-state index is -0.258. The summed E-state index contributed by atoms with van der Waals surface area (Å²) in [5, 5.41) is 3.84. The number of fused-ring (bicyclic) bond motifs is 1. The van der Waals surface area contributed by atoms with Crippen LogP contribution in [0.25, 0.3) is 10.9 Å². The number of rotatable bonds is 4. The molecule has 1 saturated heterocycles. The van der Waals surface area contributed by atoms with Crippen LogP contribution < -0.4 is 15.0 Å². The maximum Gasteiger partial charge on any atom is 0.326 e. The van der Waals surface area contributed by atoms with Crippen LogP contribution in [-0.4, -0.2) is 33.4 Å². The van der Waals surface area contributed by atoms with Gasteiger partial charge in [-0.15, -0.1) is 0 Å². The van der Waals surface area contributed by atoms with E-state index in [1.807, 2.05) is 18.2 Å². The van der Waals surface area contributed by atoms with Crippen LogP contribution in [0, 0.1) is 0 Å². The average molecular weight is 390 g/mol. The quantitative estimate of drug-likeness (QED) is 0.691. The summed E-state index contributed by atoms with van der Waals surface area (Å²) in [4.78, 5) is 41.4. The molecule has 8 heteroatoms. The van der Waals surface area contributed by atoms with Crippen molar-refractivity contribution >= 4 is 34.6 Å². The van der Waals surface area contributed by atoms with E-state index in [0.29, 0.717) is 11.5 Å². The lowest BCUT2D eigenvalue weighted by atomic mass is 10.2. The van der Waals surface area contributed by atoms with Gasteiger partial charge in [-0.05, 0) is 43.2 Å². The standard InChI is InChI=1S/C21H18N4O4/c26-19-5-6-20(27)25(19)18-12-16(7-9-22-18)29-15-3-4-17-13(11-15)8-10-24(17)21(28)23-14-1-2-14/h3-4,7-12,14H,1-2,5-6H2,(H,23,28). The fourth-order valence-electron chi connectivity index (χ4n) is 3.39. The van der Waals surface area contributed by atoms with E-state index in [1.54, 1.807) is 29.0 Å². The van der Waals surface area contributed by atoms with Gasteiger partial charge in [-0.2, -0.15) is 0 Å². The van der Waals surface area contributed by atoms with Crippen LogP contribution in [0.4, 0.5) is 10.6 Å². The molecular weight excluding hydrogens is 372 g/mol. The number of carbonyl (C=O) groups excluding carboxylic acids is 3. The number of aromatic nitrogens is 2. The Morgan fingerprint density at radius 1 is 1.03 bits per heavy atom. The monoisotopic (exact) mass is 390 g/mol. The maximum atomic E-state index is 12.3. The molecule has 3 amide bonds. The van der Waals surface area contributed by atoms with E-state index in [2.05, 4.69) is 10.3 Å². The Hall–Kier alpha value is -3.68. The van der Waals surface area contributed by atoms with Crippen LogP contribution in [0.1, 0.15) is 25.7 Å². The van der Waals surface area contributed by atoms with Gasteiger partial charge in [-0.1, -0.05) is 0 Å². The fraction of sp³-hybridized carbons (Fsp3) is 0.238. The van der Waals surface area contributed by atoms with E-state index >= 15 is 0 Å². The first kappa shape index (κ1) is 17.4. The average Bonchev–Trinajstić information content (AvgIpc) is 3.31. The molecule has 5 rings (SSSR count). The molecule has 29 heavy (non-hydrogen) atoms. The molecule has 3 heterocycles. The summed E-state index contributed by atoms with van der Waals surface area (Å²) in [6.45, 7) is 0. The smallest absolute Gasteiger partial charge is 0.326 e. The van der Waals surface area contributed by atoms with Crippen molar-refractivity contribution in [1.82, 2.24) is 14.9 Å². The summed E-state index contributed by atoms with van der Waals surface area (Å²) >= 11 is 0. The summed E-state index contributed by atoms with van der Waals surface area (Å²) in [5.41, 5.74) is 0.791. The Bertz CT molecular complexity index is 1130. The van der Waals surface area contributed by atoms with Gasteiger partial charge in [-0.25, -0.2) is 14.7 Å². The third-order valence-electron chi connectivity index (χ3n) is 5.02. The zero-order valence-electron chi connectivity index (χ0n) is 15.5. The van der Waals surface area contributed by atoms with E-state index < -0.39 is 0 Å². The minimum absolute atomic E-state index is 0.130. The third kappa shape index (κ3) is 3.33. The topological polar surface area (TPSA) is 93.5 Å². The molecule has 0 bridgehead atoms. The number of benzene rings is 1. The number of carbonyl (C=O) groups is 3. The van der Waals surface area contributed by atoms with Gasteiger partial charge in [0.1, 0.15) is 17.3 Å². The van der Waals surface area contributed by atoms with Crippen molar-refractivity contribution in [3.8, 4) is 11.5 Å². The Balaban J connectivity index is 1.38. The third-order valence-corrected chi connectivity index (χ3v) is 5.02. The number of nitrogens with zero attached hydrogens (tertiary/aromatic N) is 3. The Kier molecular flexibility index (Phi) is 4.04. The molecule has 2 aliphatic rings. The second kappa shape index (κ2) is 6.73. The highest BCUT2D eigenvalue weighted by molar-refractivity contribution is 6.19. The van der Waals surface area contributed by atoms with E-state index in [1.165, 1.54) is 6.20 Å². The number of ether oxygens (including phenoxy) is 1. The Labute approximate surface area is 166 Å². The SMILES string of the molecule is O=C1CCC(=O)N1c1cc(Oc2ccc3c(ccn3C(=O)NC3CC3)c2)ccn1. The fourth-order valence-corrected chi connectivity index (χ4v) is 3.39. The molecule has 1 saturated carbocycles. The molecule has 8 nitrogen and oxygen atoms in total. The lowest BCUT2D eigenvalue weighted by Gasteiger charge is -2.14. The molecule has 2 fully saturated rings. The number of pyridine rings is 1. The maximum absolute atomic E-state index is 12.3. The molecule has 1 aromatic carbocycles. The minimum Gasteiger partial charge on any atom is -0.457 e. The van der Waals surface area contributed by atoms with Gasteiger partial charge in [-0.3, -0.25) is 14.2 Å². The van der Waals surface area contributed by atoms with Gasteiger partial charge >= 0.3 is 6.03 Å². The highest BCUT2D eigenvalue weighted by atomic mass is 16.5. The Morgan fingerprint density at radius 3 is 2.55 bits per heavy atom. The normalized spacial score (nSPS) is 16.5. The summed E-state index contributed by atoms with van der Waals surface area (Å²) in [6, 6.07) is 10.7. The molecule has 1 aliphatic carbocycles. The van der Waals surface area contributed by atoms with E-state index in [9.17, 15) is 14.4 Å². The lowest BCUT2D eigenvalue weighted by Crippen LogP contribution is -2.29. The van der Waals surface area contributed by atoms with Crippen molar-refractivity contribution in [3.05, 3.63) is 48.8 Å². The zero-order chi connectivity index (χ0) is 20.0. The van der Waals surface area contributed by atoms with Crippen molar-refractivity contribution in [3.63, 3.8) is 0 Å². The van der Waals surface area contributed by atoms with Crippen LogP contribution in [0.15, 0.2) is 48.8 Å². The summed E-state index contributed by atoms with van der Waals surface area (Å²) in [7, 11) is 0. The van der Waals surface area contributed by atoms with Crippen molar-refractivity contribution in [2.75, 3.05) is 4.90 Å². The van der Waals surface area contributed by atoms with Crippen molar-refractivity contribution < 1.29 is 19.1 Å². The molecule has 0 unspecified atom stereocenters. The number of imide groups is 1. The van der Waals surface area contributed by atoms with Crippen LogP contribution in [-0.2, 0) is 9.59 Å². The molecule has 0 atom stereocenters. The van der Waals surface area contributed by atoms with Crippen LogP contribution >= 0.6 is 0 Å². The van der Waals surface area contributed by atoms with E-state index in [4.69, 9.17) is 4.74 Å². The van der Waals surface area contributed by atoms with E-state index in [0.717, 1.165) is 28.6 Å². The van der Waals surface area contributed by atoms with Crippen LogP contribution in [0.5, 0.6) is 11.5 Å². The molecule has 1 N–H and O–H groups in total. The van der Waals surface area contributed by atoms with Gasteiger partial charge in [0.05, 0.1) is 5.52 Å². The van der Waals surface area contributed by atoms with Crippen LogP contribution in [0.2, 0.25) is 0 Å². The molecule has 0 spiro atoms. The Morgan fingerprint density at radius 2 is 1.79 bits per heavy atom. The van der Waals surface area contributed by atoms with Gasteiger partial charge in [0.25, 0.3) is 0 Å². The highest BCUT2D eigenvalue weighted by Gasteiger charge is 2.31. The molecule has 0 radical (unpaired) electrons. The second-order valence-corrected chi connectivity index (χ2v) is 7.20. The van der Waals surface area contributed by atoms with Gasteiger partial charge in [0.2, 0.25) is 11.8 Å². The predicted octanol–water partition coefficient (Wildman–Crippen LogP) is 3.20. The summed E-state index contributed by atoms with van der Waals surface area (Å²) in [6.07, 6.45) is 5.71. The van der Waals surface area contributed by atoms with Crippen molar-refractivity contribution in [2.24, 2.45) is 0 Å². The molecular formula is C21H18N4O4. The van der Waals surface area contributed by atoms with Crippen molar-refractivity contribution in [2.45, 2.75) is 31.7 Å². The van der Waals surface area contributed by atoms with Gasteiger partial charge in [0.15, 0.2) is 0 Å². The number of hydrogen-bond acceptors (Lipinski definition) is 5.